The summed E-state index contributed by atoms with van der Waals surface area (Å²) in [5, 5.41) is 4.15. The van der Waals surface area contributed by atoms with E-state index in [1.54, 1.807) is 0 Å². The van der Waals surface area contributed by atoms with Gasteiger partial charge in [0.2, 0.25) is 0 Å². The molecule has 0 bridgehead atoms. The summed E-state index contributed by atoms with van der Waals surface area (Å²) in [5.74, 6) is 0. The molecule has 25 heavy (non-hydrogen) atoms. The zero-order valence-corrected chi connectivity index (χ0v) is 15.0. The summed E-state index contributed by atoms with van der Waals surface area (Å²) < 4.78 is 29.6. The molecule has 2 aromatic rings. The van der Waals surface area contributed by atoms with Crippen molar-refractivity contribution in [2.24, 2.45) is 0 Å². The van der Waals surface area contributed by atoms with Crippen molar-refractivity contribution in [1.29, 1.82) is 0 Å². The molecule has 134 valence electrons. The number of anilines is 1. The van der Waals surface area contributed by atoms with E-state index in [0.717, 1.165) is 16.3 Å². The minimum Gasteiger partial charge on any atom is -0.449 e. The van der Waals surface area contributed by atoms with Crippen LogP contribution < -0.4 is 5.32 Å². The molecule has 0 radical (unpaired) electrons. The van der Waals surface area contributed by atoms with Crippen molar-refractivity contribution < 1.29 is 18.3 Å². The third kappa shape index (κ3) is 5.94. The van der Waals surface area contributed by atoms with Gasteiger partial charge < -0.3 is 4.74 Å². The highest BCUT2D eigenvalue weighted by molar-refractivity contribution is 7.19. The number of hydrogen-bond acceptors (Lipinski definition) is 4. The summed E-state index contributed by atoms with van der Waals surface area (Å²) in [5.41, 5.74) is 1.79. The van der Waals surface area contributed by atoms with Crippen molar-refractivity contribution in [1.82, 2.24) is 4.98 Å². The quantitative estimate of drug-likeness (QED) is 0.611. The summed E-state index contributed by atoms with van der Waals surface area (Å²) in [6.07, 6.45) is -0.797. The zero-order valence-electron chi connectivity index (χ0n) is 14.1. The monoisotopic (exact) mass is 366 g/mol. The molecule has 1 aromatic heterocycles. The Morgan fingerprint density at radius 2 is 1.96 bits per heavy atom. The number of aryl methyl sites for hydroxylation is 1. The Hall–Kier alpha value is -2.28. The molecule has 0 saturated heterocycles. The Balaban J connectivity index is 1.79. The lowest BCUT2D eigenvalue weighted by Gasteiger charge is -2.06. The van der Waals surface area contributed by atoms with Crippen LogP contribution >= 0.6 is 11.3 Å². The smallest absolute Gasteiger partial charge is 0.412 e. The number of aromatic nitrogens is 1. The van der Waals surface area contributed by atoms with Crippen LogP contribution in [0.4, 0.5) is 18.6 Å². The van der Waals surface area contributed by atoms with Gasteiger partial charge >= 0.3 is 6.09 Å². The van der Waals surface area contributed by atoms with E-state index in [1.165, 1.54) is 18.3 Å². The molecule has 0 spiro atoms. The molecule has 0 aliphatic rings. The van der Waals surface area contributed by atoms with Crippen molar-refractivity contribution >= 4 is 22.4 Å². The molecular formula is C18H20F2N2O2S. The Morgan fingerprint density at radius 1 is 1.24 bits per heavy atom. The van der Waals surface area contributed by atoms with Gasteiger partial charge in [-0.15, -0.1) is 0 Å². The van der Waals surface area contributed by atoms with Gasteiger partial charge in [0.05, 0.1) is 12.3 Å². The zero-order chi connectivity index (χ0) is 18.2. The van der Waals surface area contributed by atoms with Gasteiger partial charge in [0.1, 0.15) is 10.0 Å². The Bertz CT molecular complexity index is 741. The largest absolute Gasteiger partial charge is 0.449 e. The minimum atomic E-state index is -1.63. The van der Waals surface area contributed by atoms with Crippen LogP contribution in [0.1, 0.15) is 31.9 Å². The fraction of sp³-hybridized carbons (Fsp3) is 0.333. The SMILES string of the molecule is CC(CCCCOC(=O)Nc1sc(-c2ccccc2)nc1C)=C(F)F. The number of carbonyl (C=O) groups excluding carboxylic acids is 1. The van der Waals surface area contributed by atoms with E-state index in [-0.39, 0.29) is 12.2 Å². The number of benzene rings is 1. The molecule has 0 unspecified atom stereocenters. The van der Waals surface area contributed by atoms with Crippen molar-refractivity contribution in [2.45, 2.75) is 33.1 Å². The number of hydrogen-bond donors (Lipinski definition) is 1. The van der Waals surface area contributed by atoms with Gasteiger partial charge in [0, 0.05) is 5.56 Å². The standard InChI is InChI=1S/C18H20F2N2O2S/c1-12(15(19)20)8-6-7-11-24-18(23)22-16-13(2)21-17(25-16)14-9-4-3-5-10-14/h3-5,9-10H,6-8,11H2,1-2H3,(H,22,23). The first kappa shape index (κ1) is 19.1. The molecule has 1 heterocycles. The average molecular weight is 366 g/mol. The maximum absolute atomic E-state index is 12.2. The lowest BCUT2D eigenvalue weighted by Crippen LogP contribution is -2.14. The number of nitrogens with zero attached hydrogens (tertiary/aromatic N) is 1. The van der Waals surface area contributed by atoms with E-state index < -0.39 is 12.2 Å². The van der Waals surface area contributed by atoms with Crippen LogP contribution in [0.3, 0.4) is 0 Å². The number of amides is 1. The van der Waals surface area contributed by atoms with Crippen LogP contribution in [-0.4, -0.2) is 17.7 Å². The normalized spacial score (nSPS) is 10.4. The van der Waals surface area contributed by atoms with Gasteiger partial charge in [-0.05, 0) is 38.7 Å². The summed E-state index contributed by atoms with van der Waals surface area (Å²) in [6, 6.07) is 9.70. The van der Waals surface area contributed by atoms with E-state index in [1.807, 2.05) is 37.3 Å². The molecule has 1 N–H and O–H groups in total. The first-order valence-corrected chi connectivity index (χ1v) is 8.76. The molecule has 0 saturated carbocycles. The molecule has 1 amide bonds. The number of allylic oxidation sites excluding steroid dienone is 1. The van der Waals surface area contributed by atoms with Crippen LogP contribution in [0.15, 0.2) is 42.0 Å². The molecular weight excluding hydrogens is 346 g/mol. The number of thiazole rings is 1. The fourth-order valence-corrected chi connectivity index (χ4v) is 3.05. The number of nitrogens with one attached hydrogen (secondary N) is 1. The second-order valence-corrected chi connectivity index (χ2v) is 6.56. The van der Waals surface area contributed by atoms with Gasteiger partial charge in [0.25, 0.3) is 6.08 Å². The fourth-order valence-electron chi connectivity index (χ4n) is 2.10. The maximum Gasteiger partial charge on any atom is 0.412 e. The Labute approximate surface area is 149 Å². The summed E-state index contributed by atoms with van der Waals surface area (Å²) in [4.78, 5) is 16.3. The highest BCUT2D eigenvalue weighted by atomic mass is 32.1. The molecule has 1 aromatic carbocycles. The van der Waals surface area contributed by atoms with Crippen molar-refractivity contribution in [3.05, 3.63) is 47.7 Å². The predicted octanol–water partition coefficient (Wildman–Crippen LogP) is 6.01. The molecule has 7 heteroatoms. The maximum atomic E-state index is 12.2. The van der Waals surface area contributed by atoms with Gasteiger partial charge in [-0.3, -0.25) is 5.32 Å². The highest BCUT2D eigenvalue weighted by Gasteiger charge is 2.12. The first-order valence-electron chi connectivity index (χ1n) is 7.94. The van der Waals surface area contributed by atoms with Crippen LogP contribution in [0.25, 0.3) is 10.6 Å². The second-order valence-electron chi connectivity index (χ2n) is 5.56. The van der Waals surface area contributed by atoms with Crippen LogP contribution in [0.5, 0.6) is 0 Å². The van der Waals surface area contributed by atoms with E-state index in [4.69, 9.17) is 4.74 Å². The van der Waals surface area contributed by atoms with Crippen LogP contribution in [0.2, 0.25) is 0 Å². The van der Waals surface area contributed by atoms with Crippen molar-refractivity contribution in [2.75, 3.05) is 11.9 Å². The summed E-state index contributed by atoms with van der Waals surface area (Å²) in [7, 11) is 0. The Morgan fingerprint density at radius 3 is 2.64 bits per heavy atom. The number of ether oxygens (including phenoxy) is 1. The van der Waals surface area contributed by atoms with E-state index in [2.05, 4.69) is 10.3 Å². The Kier molecular flexibility index (Phi) is 7.06. The van der Waals surface area contributed by atoms with Crippen molar-refractivity contribution in [3.8, 4) is 10.6 Å². The topological polar surface area (TPSA) is 51.2 Å². The van der Waals surface area contributed by atoms with Gasteiger partial charge in [-0.2, -0.15) is 8.78 Å². The van der Waals surface area contributed by atoms with E-state index >= 15 is 0 Å². The third-order valence-corrected chi connectivity index (χ3v) is 4.66. The lowest BCUT2D eigenvalue weighted by atomic mass is 10.1. The predicted molar refractivity (Wildman–Crippen MR) is 96.0 cm³/mol. The van der Waals surface area contributed by atoms with E-state index in [9.17, 15) is 13.6 Å². The van der Waals surface area contributed by atoms with Gasteiger partial charge in [0.15, 0.2) is 0 Å². The molecule has 0 aliphatic heterocycles. The summed E-state index contributed by atoms with van der Waals surface area (Å²) in [6.45, 7) is 3.41. The summed E-state index contributed by atoms with van der Waals surface area (Å²) >= 11 is 1.38. The third-order valence-electron chi connectivity index (χ3n) is 3.53. The second kappa shape index (κ2) is 9.27. The number of carbonyl (C=O) groups is 1. The van der Waals surface area contributed by atoms with Gasteiger partial charge in [-0.25, -0.2) is 9.78 Å². The molecule has 0 aliphatic carbocycles. The number of unbranched alkanes of at least 4 members (excludes halogenated alkanes) is 1. The lowest BCUT2D eigenvalue weighted by molar-refractivity contribution is 0.159. The highest BCUT2D eigenvalue weighted by Crippen LogP contribution is 2.31. The molecule has 0 atom stereocenters. The molecule has 0 fully saturated rings. The van der Waals surface area contributed by atoms with Crippen LogP contribution in [-0.2, 0) is 4.74 Å². The number of halogens is 2. The average Bonchev–Trinajstić information content (AvgIpc) is 2.95. The van der Waals surface area contributed by atoms with Crippen LogP contribution in [0, 0.1) is 6.92 Å². The van der Waals surface area contributed by atoms with Crippen molar-refractivity contribution in [3.63, 3.8) is 0 Å². The van der Waals surface area contributed by atoms with E-state index in [0.29, 0.717) is 24.3 Å². The minimum absolute atomic E-state index is 0.0816. The van der Waals surface area contributed by atoms with Gasteiger partial charge in [-0.1, -0.05) is 41.7 Å². The first-order chi connectivity index (χ1) is 12.0. The molecule has 2 rings (SSSR count). The number of rotatable bonds is 7. The molecule has 4 nitrogen and oxygen atoms in total.